The summed E-state index contributed by atoms with van der Waals surface area (Å²) < 4.78 is 12.2. The van der Waals surface area contributed by atoms with Crippen molar-refractivity contribution >= 4 is 27.7 Å². The van der Waals surface area contributed by atoms with Gasteiger partial charge in [-0.1, -0.05) is 27.7 Å². The van der Waals surface area contributed by atoms with E-state index in [0.29, 0.717) is 29.0 Å². The Hall–Kier alpha value is -2.30. The second kappa shape index (κ2) is 7.99. The Morgan fingerprint density at radius 2 is 1.83 bits per heavy atom. The number of halogens is 1. The third-order valence-corrected chi connectivity index (χ3v) is 4.37. The van der Waals surface area contributed by atoms with E-state index in [1.165, 1.54) is 11.8 Å². The molecule has 0 bridgehead atoms. The normalized spacial score (nSPS) is 10.3. The summed E-state index contributed by atoms with van der Waals surface area (Å²) in [5.41, 5.74) is 1.49. The van der Waals surface area contributed by atoms with Gasteiger partial charge in [0, 0.05) is 15.8 Å². The first-order valence-corrected chi connectivity index (χ1v) is 8.87. The van der Waals surface area contributed by atoms with Gasteiger partial charge in [0.2, 0.25) is 5.89 Å². The maximum absolute atomic E-state index is 8.75. The average Bonchev–Trinajstić information content (AvgIpc) is 3.09. The Morgan fingerprint density at radius 3 is 2.54 bits per heavy atom. The lowest BCUT2D eigenvalue weighted by molar-refractivity contribution is 0.343. The molecule has 5 nitrogen and oxygen atoms in total. The second-order valence-corrected chi connectivity index (χ2v) is 6.67. The zero-order valence-electron chi connectivity index (χ0n) is 12.5. The van der Waals surface area contributed by atoms with Gasteiger partial charge in [-0.15, -0.1) is 10.2 Å². The minimum Gasteiger partial charge on any atom is -0.493 e. The molecular weight excluding hydrogens is 390 g/mol. The third kappa shape index (κ3) is 4.37. The van der Waals surface area contributed by atoms with E-state index in [-0.39, 0.29) is 0 Å². The molecule has 0 fully saturated rings. The molecule has 24 heavy (non-hydrogen) atoms. The highest BCUT2D eigenvalue weighted by Gasteiger charge is 2.09. The summed E-state index contributed by atoms with van der Waals surface area (Å²) in [7, 11) is 0. The van der Waals surface area contributed by atoms with Crippen molar-refractivity contribution in [1.29, 1.82) is 5.26 Å². The van der Waals surface area contributed by atoms with Crippen molar-refractivity contribution in [2.45, 2.75) is 5.22 Å². The van der Waals surface area contributed by atoms with Gasteiger partial charge < -0.3 is 9.15 Å². The Bertz CT molecular complexity index is 842. The minimum atomic E-state index is 0.498. The molecule has 120 valence electrons. The number of thioether (sulfide) groups is 1. The van der Waals surface area contributed by atoms with Crippen LogP contribution >= 0.6 is 27.7 Å². The molecule has 0 N–H and O–H groups in total. The standard InChI is InChI=1S/C17H12BrN3O2S/c18-14-5-3-13(4-6-14)16-20-21-17(23-16)24-10-9-22-15-7-1-12(11-19)2-8-15/h1-8H,9-10H2. The maximum atomic E-state index is 8.75. The van der Waals surface area contributed by atoms with Crippen molar-refractivity contribution in [2.75, 3.05) is 12.4 Å². The minimum absolute atomic E-state index is 0.498. The molecule has 3 rings (SSSR count). The Kier molecular flexibility index (Phi) is 5.51. The quantitative estimate of drug-likeness (QED) is 0.445. The molecule has 0 aliphatic carbocycles. The van der Waals surface area contributed by atoms with Gasteiger partial charge in [-0.3, -0.25) is 0 Å². The Balaban J connectivity index is 1.48. The highest BCUT2D eigenvalue weighted by Crippen LogP contribution is 2.24. The molecule has 0 saturated carbocycles. The van der Waals surface area contributed by atoms with E-state index in [4.69, 9.17) is 14.4 Å². The van der Waals surface area contributed by atoms with Crippen LogP contribution in [-0.4, -0.2) is 22.6 Å². The fourth-order valence-electron chi connectivity index (χ4n) is 1.89. The van der Waals surface area contributed by atoms with Gasteiger partial charge in [0.25, 0.3) is 5.22 Å². The fraction of sp³-hybridized carbons (Fsp3) is 0.118. The summed E-state index contributed by atoms with van der Waals surface area (Å²) in [5, 5.41) is 17.3. The number of rotatable bonds is 6. The zero-order valence-corrected chi connectivity index (χ0v) is 14.9. The third-order valence-electron chi connectivity index (χ3n) is 3.06. The van der Waals surface area contributed by atoms with Crippen LogP contribution in [0.5, 0.6) is 5.75 Å². The lowest BCUT2D eigenvalue weighted by Crippen LogP contribution is -1.99. The predicted molar refractivity (Wildman–Crippen MR) is 94.8 cm³/mol. The van der Waals surface area contributed by atoms with Crippen LogP contribution in [0.25, 0.3) is 11.5 Å². The first-order valence-electron chi connectivity index (χ1n) is 7.10. The number of aromatic nitrogens is 2. The van der Waals surface area contributed by atoms with E-state index in [1.54, 1.807) is 24.3 Å². The maximum Gasteiger partial charge on any atom is 0.276 e. The van der Waals surface area contributed by atoms with Gasteiger partial charge in [0.1, 0.15) is 5.75 Å². The lowest BCUT2D eigenvalue weighted by Gasteiger charge is -2.04. The van der Waals surface area contributed by atoms with Crippen molar-refractivity contribution < 1.29 is 9.15 Å². The van der Waals surface area contributed by atoms with Crippen LogP contribution in [0.2, 0.25) is 0 Å². The van der Waals surface area contributed by atoms with Crippen LogP contribution < -0.4 is 4.74 Å². The molecule has 0 atom stereocenters. The molecule has 0 unspecified atom stereocenters. The molecule has 0 aliphatic rings. The first-order chi connectivity index (χ1) is 11.7. The fourth-order valence-corrected chi connectivity index (χ4v) is 2.73. The van der Waals surface area contributed by atoms with Crippen molar-refractivity contribution in [3.63, 3.8) is 0 Å². The van der Waals surface area contributed by atoms with Crippen LogP contribution in [0.4, 0.5) is 0 Å². The monoisotopic (exact) mass is 401 g/mol. The van der Waals surface area contributed by atoms with Gasteiger partial charge >= 0.3 is 0 Å². The number of nitrogens with zero attached hydrogens (tertiary/aromatic N) is 3. The van der Waals surface area contributed by atoms with Crippen LogP contribution in [0.15, 0.2) is 62.6 Å². The number of hydrogen-bond donors (Lipinski definition) is 0. The van der Waals surface area contributed by atoms with Gasteiger partial charge in [0.15, 0.2) is 0 Å². The highest BCUT2D eigenvalue weighted by atomic mass is 79.9. The summed E-state index contributed by atoms with van der Waals surface area (Å²) in [5.74, 6) is 1.91. The van der Waals surface area contributed by atoms with E-state index in [9.17, 15) is 0 Å². The smallest absolute Gasteiger partial charge is 0.276 e. The van der Waals surface area contributed by atoms with E-state index in [0.717, 1.165) is 15.8 Å². The van der Waals surface area contributed by atoms with Crippen molar-refractivity contribution in [3.8, 4) is 23.3 Å². The first kappa shape index (κ1) is 16.6. The molecule has 0 aliphatic heterocycles. The van der Waals surface area contributed by atoms with Crippen LogP contribution in [0.3, 0.4) is 0 Å². The Labute approximate surface area is 151 Å². The average molecular weight is 402 g/mol. The summed E-state index contributed by atoms with van der Waals surface area (Å²) in [6.45, 7) is 0.507. The molecule has 1 aromatic heterocycles. The van der Waals surface area contributed by atoms with Crippen molar-refractivity contribution in [2.24, 2.45) is 0 Å². The van der Waals surface area contributed by atoms with Crippen LogP contribution in [-0.2, 0) is 0 Å². The summed E-state index contributed by atoms with van der Waals surface area (Å²) >= 11 is 4.83. The molecule has 2 aromatic carbocycles. The number of benzene rings is 2. The number of hydrogen-bond acceptors (Lipinski definition) is 6. The largest absolute Gasteiger partial charge is 0.493 e. The van der Waals surface area contributed by atoms with Gasteiger partial charge in [-0.05, 0) is 48.5 Å². The summed E-state index contributed by atoms with van der Waals surface area (Å²) in [4.78, 5) is 0. The van der Waals surface area contributed by atoms with Crippen LogP contribution in [0.1, 0.15) is 5.56 Å². The zero-order chi connectivity index (χ0) is 16.8. The molecule has 0 radical (unpaired) electrons. The summed E-state index contributed by atoms with van der Waals surface area (Å²) in [6, 6.07) is 16.8. The van der Waals surface area contributed by atoms with E-state index in [2.05, 4.69) is 32.2 Å². The topological polar surface area (TPSA) is 71.9 Å². The predicted octanol–water partition coefficient (Wildman–Crippen LogP) is 4.54. The van der Waals surface area contributed by atoms with Crippen molar-refractivity contribution in [1.82, 2.24) is 10.2 Å². The summed E-state index contributed by atoms with van der Waals surface area (Å²) in [6.07, 6.45) is 0. The highest BCUT2D eigenvalue weighted by molar-refractivity contribution is 9.10. The number of nitriles is 1. The Morgan fingerprint density at radius 1 is 1.08 bits per heavy atom. The van der Waals surface area contributed by atoms with Crippen molar-refractivity contribution in [3.05, 3.63) is 58.6 Å². The van der Waals surface area contributed by atoms with Gasteiger partial charge in [-0.25, -0.2) is 0 Å². The molecule has 0 saturated heterocycles. The molecule has 0 amide bonds. The molecule has 1 heterocycles. The molecule has 0 spiro atoms. The van der Waals surface area contributed by atoms with E-state index >= 15 is 0 Å². The second-order valence-electron chi connectivity index (χ2n) is 4.71. The lowest BCUT2D eigenvalue weighted by atomic mass is 10.2. The van der Waals surface area contributed by atoms with Gasteiger partial charge in [0.05, 0.1) is 18.2 Å². The van der Waals surface area contributed by atoms with Crippen LogP contribution in [0, 0.1) is 11.3 Å². The molecule has 3 aromatic rings. The van der Waals surface area contributed by atoms with E-state index in [1.807, 2.05) is 24.3 Å². The van der Waals surface area contributed by atoms with Gasteiger partial charge in [-0.2, -0.15) is 5.26 Å². The number of ether oxygens (including phenoxy) is 1. The molecular formula is C17H12BrN3O2S. The SMILES string of the molecule is N#Cc1ccc(OCCSc2nnc(-c3ccc(Br)cc3)o2)cc1. The molecule has 7 heteroatoms. The van der Waals surface area contributed by atoms with E-state index < -0.39 is 0 Å².